The Morgan fingerprint density at radius 2 is 1.88 bits per heavy atom. The third-order valence-corrected chi connectivity index (χ3v) is 5.90. The summed E-state index contributed by atoms with van der Waals surface area (Å²) in [5.41, 5.74) is 12.0. The van der Waals surface area contributed by atoms with Crippen molar-refractivity contribution in [2.75, 3.05) is 42.3 Å². The number of carbonyl (C=O) groups is 1. The number of benzene rings is 2. The second kappa shape index (κ2) is 9.11. The number of carbonyl (C=O) groups excluding carboxylic acids is 1. The number of nitrogen functional groups attached to an aromatic ring is 1. The van der Waals surface area contributed by atoms with Crippen LogP contribution in [0.5, 0.6) is 0 Å². The Morgan fingerprint density at radius 3 is 2.59 bits per heavy atom. The largest absolute Gasteiger partial charge is 0.398 e. The van der Waals surface area contributed by atoms with Crippen LogP contribution in [0.15, 0.2) is 48.8 Å². The lowest BCUT2D eigenvalue weighted by molar-refractivity contribution is 0.0939. The molecule has 0 spiro atoms. The van der Waals surface area contributed by atoms with Crippen molar-refractivity contribution in [2.24, 2.45) is 5.92 Å². The summed E-state index contributed by atoms with van der Waals surface area (Å²) in [6, 6.07) is 13.5. The van der Waals surface area contributed by atoms with Crippen LogP contribution in [0.2, 0.25) is 0 Å². The molecule has 2 aromatic heterocycles. The number of H-pyrrole nitrogens is 1. The lowest BCUT2D eigenvalue weighted by Crippen LogP contribution is -2.36. The normalized spacial score (nSPS) is 14.0. The molecule has 9 heteroatoms. The fourth-order valence-corrected chi connectivity index (χ4v) is 4.06. The average molecular weight is 458 g/mol. The standard InChI is InChI=1S/C25H27N7O2/c1-15(2)23(33)16-3-8-19(20(26)13-16)21-22-24(28-14-27-22)31-25(30-21)29-17-4-6-18(7-5-17)32-9-11-34-12-10-32/h3-8,13-15H,9-12,26H2,1-2H3,(H2,27,28,29,30,31). The Labute approximate surface area is 197 Å². The quantitative estimate of drug-likeness (QED) is 0.293. The first kappa shape index (κ1) is 21.8. The van der Waals surface area contributed by atoms with Gasteiger partial charge in [-0.15, -0.1) is 0 Å². The van der Waals surface area contributed by atoms with E-state index in [2.05, 4.69) is 37.3 Å². The van der Waals surface area contributed by atoms with Crippen LogP contribution in [0.25, 0.3) is 22.4 Å². The fourth-order valence-electron chi connectivity index (χ4n) is 4.06. The molecule has 1 aliphatic rings. The van der Waals surface area contributed by atoms with Gasteiger partial charge in [0.2, 0.25) is 5.95 Å². The first-order chi connectivity index (χ1) is 16.5. The summed E-state index contributed by atoms with van der Waals surface area (Å²) in [4.78, 5) is 31.4. The van der Waals surface area contributed by atoms with Gasteiger partial charge < -0.3 is 25.7 Å². The third kappa shape index (κ3) is 4.29. The van der Waals surface area contributed by atoms with E-state index in [1.807, 2.05) is 32.0 Å². The van der Waals surface area contributed by atoms with Crippen molar-refractivity contribution >= 4 is 40.0 Å². The van der Waals surface area contributed by atoms with Crippen LogP contribution in [-0.4, -0.2) is 52.0 Å². The number of nitrogens with zero attached hydrogens (tertiary/aromatic N) is 4. The number of anilines is 4. The Kier molecular flexibility index (Phi) is 5.85. The zero-order valence-electron chi connectivity index (χ0n) is 19.2. The van der Waals surface area contributed by atoms with Gasteiger partial charge in [-0.2, -0.15) is 4.98 Å². The molecule has 0 aliphatic carbocycles. The van der Waals surface area contributed by atoms with Crippen molar-refractivity contribution in [3.05, 3.63) is 54.4 Å². The summed E-state index contributed by atoms with van der Waals surface area (Å²) in [6.45, 7) is 7.01. The van der Waals surface area contributed by atoms with Gasteiger partial charge in [0.15, 0.2) is 11.4 Å². The number of aromatic amines is 1. The number of hydrogen-bond donors (Lipinski definition) is 3. The molecule has 174 valence electrons. The summed E-state index contributed by atoms with van der Waals surface area (Å²) in [5.74, 6) is 0.361. The van der Waals surface area contributed by atoms with Crippen molar-refractivity contribution in [2.45, 2.75) is 13.8 Å². The van der Waals surface area contributed by atoms with Gasteiger partial charge in [0.1, 0.15) is 11.2 Å². The number of morpholine rings is 1. The maximum Gasteiger partial charge on any atom is 0.229 e. The zero-order valence-corrected chi connectivity index (χ0v) is 19.2. The maximum absolute atomic E-state index is 12.4. The summed E-state index contributed by atoms with van der Waals surface area (Å²) >= 11 is 0. The Balaban J connectivity index is 1.45. The molecule has 1 fully saturated rings. The molecule has 5 rings (SSSR count). The van der Waals surface area contributed by atoms with Crippen LogP contribution in [0.4, 0.5) is 23.0 Å². The number of rotatable bonds is 6. The highest BCUT2D eigenvalue weighted by Crippen LogP contribution is 2.32. The van der Waals surface area contributed by atoms with Crippen molar-refractivity contribution in [1.82, 2.24) is 19.9 Å². The number of nitrogens with two attached hydrogens (primary N) is 1. The first-order valence-corrected chi connectivity index (χ1v) is 11.3. The van der Waals surface area contributed by atoms with E-state index in [0.717, 1.165) is 37.7 Å². The predicted octanol–water partition coefficient (Wildman–Crippen LogP) is 4.02. The van der Waals surface area contributed by atoms with E-state index >= 15 is 0 Å². The highest BCUT2D eigenvalue weighted by atomic mass is 16.5. The van der Waals surface area contributed by atoms with Crippen LogP contribution < -0.4 is 16.0 Å². The van der Waals surface area contributed by atoms with E-state index in [1.165, 1.54) is 0 Å². The van der Waals surface area contributed by atoms with Gasteiger partial charge in [0, 0.05) is 47.2 Å². The Bertz CT molecular complexity index is 1330. The highest BCUT2D eigenvalue weighted by molar-refractivity contribution is 6.00. The van der Waals surface area contributed by atoms with Gasteiger partial charge in [-0.25, -0.2) is 9.97 Å². The molecule has 1 saturated heterocycles. The molecule has 0 amide bonds. The lowest BCUT2D eigenvalue weighted by Gasteiger charge is -2.28. The van der Waals surface area contributed by atoms with Crippen LogP contribution in [0, 0.1) is 5.92 Å². The van der Waals surface area contributed by atoms with E-state index in [0.29, 0.717) is 39.6 Å². The van der Waals surface area contributed by atoms with E-state index in [4.69, 9.17) is 15.5 Å². The fraction of sp³-hybridized carbons (Fsp3) is 0.280. The van der Waals surface area contributed by atoms with Gasteiger partial charge in [0.05, 0.1) is 19.5 Å². The molecule has 0 atom stereocenters. The van der Waals surface area contributed by atoms with Crippen LogP contribution in [-0.2, 0) is 4.74 Å². The van der Waals surface area contributed by atoms with Gasteiger partial charge >= 0.3 is 0 Å². The molecule has 1 aliphatic heterocycles. The number of imidazole rings is 1. The molecule has 0 unspecified atom stereocenters. The molecule has 0 saturated carbocycles. The summed E-state index contributed by atoms with van der Waals surface area (Å²) in [6.07, 6.45) is 1.58. The van der Waals surface area contributed by atoms with Crippen molar-refractivity contribution < 1.29 is 9.53 Å². The van der Waals surface area contributed by atoms with E-state index < -0.39 is 0 Å². The molecular formula is C25H27N7O2. The molecule has 2 aromatic carbocycles. The number of fused-ring (bicyclic) bond motifs is 1. The SMILES string of the molecule is CC(C)C(=O)c1ccc(-c2nc(Nc3ccc(N4CCOCC4)cc3)nc3nc[nH]c23)c(N)c1. The average Bonchev–Trinajstić information content (AvgIpc) is 3.33. The number of aromatic nitrogens is 4. The second-order valence-corrected chi connectivity index (χ2v) is 8.59. The van der Waals surface area contributed by atoms with E-state index in [1.54, 1.807) is 18.5 Å². The van der Waals surface area contributed by atoms with Gasteiger partial charge in [-0.1, -0.05) is 19.9 Å². The number of ketones is 1. The molecule has 0 bridgehead atoms. The molecular weight excluding hydrogens is 430 g/mol. The third-order valence-electron chi connectivity index (χ3n) is 5.90. The van der Waals surface area contributed by atoms with E-state index in [9.17, 15) is 4.79 Å². The van der Waals surface area contributed by atoms with E-state index in [-0.39, 0.29) is 11.7 Å². The molecule has 4 N–H and O–H groups in total. The summed E-state index contributed by atoms with van der Waals surface area (Å²) in [5, 5.41) is 3.28. The van der Waals surface area contributed by atoms with Crippen molar-refractivity contribution in [1.29, 1.82) is 0 Å². The first-order valence-electron chi connectivity index (χ1n) is 11.3. The molecule has 0 radical (unpaired) electrons. The summed E-state index contributed by atoms with van der Waals surface area (Å²) in [7, 11) is 0. The number of nitrogens with one attached hydrogen (secondary N) is 2. The second-order valence-electron chi connectivity index (χ2n) is 8.59. The molecule has 3 heterocycles. The van der Waals surface area contributed by atoms with Gasteiger partial charge in [0.25, 0.3) is 0 Å². The van der Waals surface area contributed by atoms with Crippen molar-refractivity contribution in [3.8, 4) is 11.3 Å². The van der Waals surface area contributed by atoms with Crippen molar-refractivity contribution in [3.63, 3.8) is 0 Å². The smallest absolute Gasteiger partial charge is 0.229 e. The van der Waals surface area contributed by atoms with Gasteiger partial charge in [-0.3, -0.25) is 4.79 Å². The summed E-state index contributed by atoms with van der Waals surface area (Å²) < 4.78 is 5.43. The Morgan fingerprint density at radius 1 is 1.12 bits per heavy atom. The van der Waals surface area contributed by atoms with Gasteiger partial charge in [-0.05, 0) is 36.4 Å². The number of Topliss-reactive ketones (excluding diaryl/α,β-unsaturated/α-hetero) is 1. The molecule has 9 nitrogen and oxygen atoms in total. The topological polar surface area (TPSA) is 122 Å². The minimum atomic E-state index is -0.103. The minimum Gasteiger partial charge on any atom is -0.398 e. The van der Waals surface area contributed by atoms with Crippen LogP contribution in [0.1, 0.15) is 24.2 Å². The zero-order chi connectivity index (χ0) is 23.7. The monoisotopic (exact) mass is 457 g/mol. The minimum absolute atomic E-state index is 0.0514. The van der Waals surface area contributed by atoms with Crippen LogP contribution >= 0.6 is 0 Å². The number of ether oxygens (including phenoxy) is 1. The highest BCUT2D eigenvalue weighted by Gasteiger charge is 2.17. The number of hydrogen-bond acceptors (Lipinski definition) is 8. The molecule has 34 heavy (non-hydrogen) atoms. The molecule has 4 aromatic rings. The maximum atomic E-state index is 12.4. The predicted molar refractivity (Wildman–Crippen MR) is 133 cm³/mol. The van der Waals surface area contributed by atoms with Crippen LogP contribution in [0.3, 0.4) is 0 Å². The lowest BCUT2D eigenvalue weighted by atomic mass is 9.98. The Hall–Kier alpha value is -3.98.